The van der Waals surface area contributed by atoms with E-state index < -0.39 is 42.8 Å². The van der Waals surface area contributed by atoms with Gasteiger partial charge < -0.3 is 18.7 Å². The van der Waals surface area contributed by atoms with Crippen LogP contribution in [0.2, 0.25) is 0 Å². The number of rotatable bonds is 6. The van der Waals surface area contributed by atoms with E-state index in [2.05, 4.69) is 0 Å². The molecular weight excluding hydrogens is 447 g/mol. The number of likely N-dealkylation sites (N-methyl/N-ethyl adjacent to an activating group) is 1. The van der Waals surface area contributed by atoms with Gasteiger partial charge in [0.15, 0.2) is 11.7 Å². The van der Waals surface area contributed by atoms with E-state index in [1.54, 1.807) is 81.4 Å². The van der Waals surface area contributed by atoms with Gasteiger partial charge in [-0.1, -0.05) is 36.4 Å². The van der Waals surface area contributed by atoms with Crippen LogP contribution in [-0.4, -0.2) is 59.1 Å². The third kappa shape index (κ3) is 5.37. The summed E-state index contributed by atoms with van der Waals surface area (Å²) >= 11 is 0. The van der Waals surface area contributed by atoms with Gasteiger partial charge in [0.25, 0.3) is 5.91 Å². The number of carbonyl (C=O) groups is 3. The second-order valence-corrected chi connectivity index (χ2v) is 10.6. The number of esters is 1. The van der Waals surface area contributed by atoms with Crippen molar-refractivity contribution in [3.05, 3.63) is 60.7 Å². The highest BCUT2D eigenvalue weighted by Crippen LogP contribution is 2.56. The van der Waals surface area contributed by atoms with Gasteiger partial charge in [0, 0.05) is 14.1 Å². The summed E-state index contributed by atoms with van der Waals surface area (Å²) in [4.78, 5) is 41.0. The maximum atomic E-state index is 14.4. The number of carbonyl (C=O) groups excluding carboxylic acids is 3. The van der Waals surface area contributed by atoms with Crippen LogP contribution in [0.5, 0.6) is 11.5 Å². The van der Waals surface area contributed by atoms with Crippen molar-refractivity contribution in [1.29, 1.82) is 0 Å². The lowest BCUT2D eigenvalue weighted by Crippen LogP contribution is -2.65. The van der Waals surface area contributed by atoms with Gasteiger partial charge >= 0.3 is 19.6 Å². The normalized spacial score (nSPS) is 19.3. The Labute approximate surface area is 192 Å². The second kappa shape index (κ2) is 9.27. The smallest absolute Gasteiger partial charge is 0.445 e. The average molecular weight is 474 g/mol. The van der Waals surface area contributed by atoms with Crippen LogP contribution in [0.1, 0.15) is 20.8 Å². The largest absolute Gasteiger partial charge is 0.458 e. The van der Waals surface area contributed by atoms with Gasteiger partial charge in [-0.25, -0.2) is 14.2 Å². The predicted octanol–water partition coefficient (Wildman–Crippen LogP) is 3.94. The standard InChI is InChI=1S/C23H27N2O7P/c1-23(2,3)30-21(27)18-19(20(26)25(5)22(28)24(18)4)33(29,31-16-12-8-6-9-13-16)32-17-14-10-7-11-15-17/h6-15,18-19H,1-5H3. The van der Waals surface area contributed by atoms with Crippen molar-refractivity contribution in [2.24, 2.45) is 0 Å². The Balaban J connectivity index is 2.13. The summed E-state index contributed by atoms with van der Waals surface area (Å²) in [6, 6.07) is 14.1. The Bertz CT molecular complexity index is 1020. The summed E-state index contributed by atoms with van der Waals surface area (Å²) in [6.45, 7) is 4.96. The molecule has 176 valence electrons. The van der Waals surface area contributed by atoms with Crippen molar-refractivity contribution in [2.45, 2.75) is 38.1 Å². The lowest BCUT2D eigenvalue weighted by molar-refractivity contribution is -0.163. The first-order valence-corrected chi connectivity index (χ1v) is 11.9. The van der Waals surface area contributed by atoms with E-state index in [0.717, 1.165) is 9.80 Å². The zero-order valence-electron chi connectivity index (χ0n) is 19.1. The van der Waals surface area contributed by atoms with Crippen LogP contribution in [-0.2, 0) is 18.9 Å². The number of para-hydroxylation sites is 2. The lowest BCUT2D eigenvalue weighted by atomic mass is 10.1. The second-order valence-electron chi connectivity index (χ2n) is 8.56. The van der Waals surface area contributed by atoms with Gasteiger partial charge in [0.05, 0.1) is 0 Å². The fourth-order valence-corrected chi connectivity index (χ4v) is 5.55. The van der Waals surface area contributed by atoms with Crippen molar-refractivity contribution < 1.29 is 32.7 Å². The molecule has 0 saturated carbocycles. The van der Waals surface area contributed by atoms with E-state index in [-0.39, 0.29) is 11.5 Å². The predicted molar refractivity (Wildman–Crippen MR) is 121 cm³/mol. The molecule has 0 bridgehead atoms. The molecule has 10 heteroatoms. The molecule has 9 nitrogen and oxygen atoms in total. The van der Waals surface area contributed by atoms with Crippen LogP contribution in [0.15, 0.2) is 60.7 Å². The minimum Gasteiger partial charge on any atom is -0.458 e. The molecule has 0 aromatic heterocycles. The maximum absolute atomic E-state index is 14.4. The summed E-state index contributed by atoms with van der Waals surface area (Å²) in [6.07, 6.45) is 0. The van der Waals surface area contributed by atoms with E-state index in [0.29, 0.717) is 0 Å². The molecule has 0 aliphatic carbocycles. The van der Waals surface area contributed by atoms with Gasteiger partial charge in [-0.2, -0.15) is 0 Å². The number of hydrogen-bond acceptors (Lipinski definition) is 7. The van der Waals surface area contributed by atoms with Gasteiger partial charge in [-0.15, -0.1) is 0 Å². The number of benzene rings is 2. The quantitative estimate of drug-likeness (QED) is 0.462. The summed E-state index contributed by atoms with van der Waals surface area (Å²) in [7, 11) is -1.88. The molecule has 3 amide bonds. The topological polar surface area (TPSA) is 102 Å². The van der Waals surface area contributed by atoms with E-state index in [9.17, 15) is 18.9 Å². The van der Waals surface area contributed by atoms with E-state index in [1.165, 1.54) is 14.1 Å². The van der Waals surface area contributed by atoms with Crippen molar-refractivity contribution in [3.63, 3.8) is 0 Å². The van der Waals surface area contributed by atoms with Gasteiger partial charge in [0.2, 0.25) is 0 Å². The Hall–Kier alpha value is -3.32. The summed E-state index contributed by atoms with van der Waals surface area (Å²) in [5, 5.41) is 0. The average Bonchev–Trinajstić information content (AvgIpc) is 2.74. The third-order valence-corrected chi connectivity index (χ3v) is 6.94. The monoisotopic (exact) mass is 474 g/mol. The van der Waals surface area contributed by atoms with Crippen LogP contribution < -0.4 is 9.05 Å². The molecule has 1 fully saturated rings. The fraction of sp³-hybridized carbons (Fsp3) is 0.348. The van der Waals surface area contributed by atoms with Gasteiger partial charge in [0.1, 0.15) is 17.1 Å². The highest BCUT2D eigenvalue weighted by Gasteiger charge is 2.60. The molecule has 2 unspecified atom stereocenters. The number of nitrogens with zero attached hydrogens (tertiary/aromatic N) is 2. The van der Waals surface area contributed by atoms with Gasteiger partial charge in [-0.3, -0.25) is 9.69 Å². The Morgan fingerprint density at radius 1 is 0.879 bits per heavy atom. The van der Waals surface area contributed by atoms with Crippen molar-refractivity contribution in [2.75, 3.05) is 14.1 Å². The van der Waals surface area contributed by atoms with E-state index >= 15 is 0 Å². The molecule has 2 aromatic carbocycles. The molecule has 1 aliphatic rings. The van der Waals surface area contributed by atoms with Crippen LogP contribution in [0, 0.1) is 0 Å². The molecule has 0 N–H and O–H groups in total. The highest BCUT2D eigenvalue weighted by atomic mass is 31.2. The van der Waals surface area contributed by atoms with Crippen LogP contribution >= 0.6 is 7.60 Å². The number of ether oxygens (including phenoxy) is 1. The first-order valence-electron chi connectivity index (χ1n) is 10.3. The van der Waals surface area contributed by atoms with Crippen molar-refractivity contribution in [3.8, 4) is 11.5 Å². The minimum atomic E-state index is -4.46. The lowest BCUT2D eigenvalue weighted by Gasteiger charge is -2.42. The molecular formula is C23H27N2O7P. The van der Waals surface area contributed by atoms with Crippen LogP contribution in [0.4, 0.5) is 4.79 Å². The zero-order chi connectivity index (χ0) is 24.4. The molecule has 1 aliphatic heterocycles. The van der Waals surface area contributed by atoms with E-state index in [1.807, 2.05) is 0 Å². The van der Waals surface area contributed by atoms with E-state index in [4.69, 9.17) is 13.8 Å². The highest BCUT2D eigenvalue weighted by molar-refractivity contribution is 7.56. The number of imide groups is 1. The molecule has 3 rings (SSSR count). The third-order valence-electron chi connectivity index (χ3n) is 4.83. The Kier molecular flexibility index (Phi) is 6.84. The molecule has 1 saturated heterocycles. The first-order chi connectivity index (χ1) is 15.4. The Morgan fingerprint density at radius 3 is 1.76 bits per heavy atom. The summed E-state index contributed by atoms with van der Waals surface area (Å²) in [5.41, 5.74) is -2.58. The summed E-state index contributed by atoms with van der Waals surface area (Å²) in [5.74, 6) is -1.41. The minimum absolute atomic E-state index is 0.176. The van der Waals surface area contributed by atoms with Gasteiger partial charge in [-0.05, 0) is 45.0 Å². The van der Waals surface area contributed by atoms with Crippen molar-refractivity contribution >= 4 is 25.5 Å². The molecule has 1 heterocycles. The maximum Gasteiger partial charge on any atom is 0.445 e. The fourth-order valence-electron chi connectivity index (χ4n) is 3.34. The first kappa shape index (κ1) is 24.3. The van der Waals surface area contributed by atoms with Crippen molar-refractivity contribution in [1.82, 2.24) is 9.80 Å². The molecule has 2 atom stereocenters. The Morgan fingerprint density at radius 2 is 1.33 bits per heavy atom. The zero-order valence-corrected chi connectivity index (χ0v) is 20.0. The SMILES string of the molecule is CN1C(=O)C(P(=O)(Oc2ccccc2)Oc2ccccc2)C(C(=O)OC(C)(C)C)N(C)C1=O. The number of urea groups is 1. The van der Waals surface area contributed by atoms with Crippen LogP contribution in [0.25, 0.3) is 0 Å². The summed E-state index contributed by atoms with van der Waals surface area (Å²) < 4.78 is 31.4. The molecule has 2 aromatic rings. The number of hydrogen-bond donors (Lipinski definition) is 0. The molecule has 0 spiro atoms. The number of amides is 3. The molecule has 33 heavy (non-hydrogen) atoms. The molecule has 0 radical (unpaired) electrons. The van der Waals surface area contributed by atoms with Crippen LogP contribution in [0.3, 0.4) is 0 Å².